The van der Waals surface area contributed by atoms with Crippen LogP contribution in [0.1, 0.15) is 11.4 Å². The van der Waals surface area contributed by atoms with Gasteiger partial charge in [-0.1, -0.05) is 23.7 Å². The zero-order chi connectivity index (χ0) is 18.3. The summed E-state index contributed by atoms with van der Waals surface area (Å²) in [6, 6.07) is 13.8. The molecule has 0 fully saturated rings. The zero-order valence-electron chi connectivity index (χ0n) is 13.9. The molecule has 0 N–H and O–H groups in total. The van der Waals surface area contributed by atoms with Crippen LogP contribution in [0, 0.1) is 0 Å². The van der Waals surface area contributed by atoms with Gasteiger partial charge in [-0.2, -0.15) is 9.67 Å². The predicted molar refractivity (Wildman–Crippen MR) is 97.0 cm³/mol. The van der Waals surface area contributed by atoms with Gasteiger partial charge in [0.05, 0.1) is 20.2 Å². The van der Waals surface area contributed by atoms with E-state index in [0.29, 0.717) is 22.3 Å². The number of carbonyl (C=O) groups is 1. The number of carbonyl (C=O) groups excluding carboxylic acids is 1. The molecule has 0 spiro atoms. The molecule has 0 radical (unpaired) electrons. The first-order chi connectivity index (χ1) is 12.6. The monoisotopic (exact) mass is 370 g/mol. The molecule has 4 rings (SSSR count). The third kappa shape index (κ3) is 2.76. The summed E-state index contributed by atoms with van der Waals surface area (Å²) in [5.41, 5.74) is 1.12. The van der Waals surface area contributed by atoms with Crippen LogP contribution in [0.25, 0.3) is 0 Å². The van der Waals surface area contributed by atoms with Crippen molar-refractivity contribution < 1.29 is 9.53 Å². The average Bonchev–Trinajstić information content (AvgIpc) is 3.14. The molecule has 0 atom stereocenters. The van der Waals surface area contributed by atoms with Gasteiger partial charge in [0.1, 0.15) is 5.75 Å². The first-order valence-corrected chi connectivity index (χ1v) is 8.34. The largest absolute Gasteiger partial charge is 0.497 e. The standard InChI is InChI=1S/C18H15ClN4O3/c1-26-15-8-6-14(7-9-15)21-11-16-20-22(18(25)23(16)17(21)24)10-12-2-4-13(19)5-3-12/h2-9H,10-11H2,1H3. The molecule has 7 nitrogen and oxygen atoms in total. The van der Waals surface area contributed by atoms with E-state index in [1.807, 2.05) is 12.1 Å². The molecule has 0 saturated carbocycles. The van der Waals surface area contributed by atoms with E-state index in [1.54, 1.807) is 43.5 Å². The number of anilines is 1. The number of benzene rings is 2. The summed E-state index contributed by atoms with van der Waals surface area (Å²) in [6.07, 6.45) is 0. The van der Waals surface area contributed by atoms with Crippen LogP contribution in [0.2, 0.25) is 5.02 Å². The Morgan fingerprint density at radius 1 is 1.08 bits per heavy atom. The molecule has 2 heterocycles. The van der Waals surface area contributed by atoms with Crippen molar-refractivity contribution in [3.05, 3.63) is 75.4 Å². The summed E-state index contributed by atoms with van der Waals surface area (Å²) in [6.45, 7) is 0.528. The van der Waals surface area contributed by atoms with Crippen molar-refractivity contribution in [3.63, 3.8) is 0 Å². The molecule has 26 heavy (non-hydrogen) atoms. The fourth-order valence-electron chi connectivity index (χ4n) is 2.91. The molecule has 1 aliphatic heterocycles. The van der Waals surface area contributed by atoms with Gasteiger partial charge in [0.2, 0.25) is 0 Å². The fraction of sp³-hybridized carbons (Fsp3) is 0.167. The number of methoxy groups -OCH3 is 1. The van der Waals surface area contributed by atoms with Crippen LogP contribution >= 0.6 is 11.6 Å². The highest BCUT2D eigenvalue weighted by Gasteiger charge is 2.33. The first kappa shape index (κ1) is 16.4. The smallest absolute Gasteiger partial charge is 0.354 e. The number of hydrogen-bond acceptors (Lipinski definition) is 4. The van der Waals surface area contributed by atoms with Crippen molar-refractivity contribution in [1.29, 1.82) is 0 Å². The summed E-state index contributed by atoms with van der Waals surface area (Å²) in [5.74, 6) is 1.12. The highest BCUT2D eigenvalue weighted by atomic mass is 35.5. The van der Waals surface area contributed by atoms with Gasteiger partial charge >= 0.3 is 11.7 Å². The van der Waals surface area contributed by atoms with Crippen molar-refractivity contribution in [2.24, 2.45) is 0 Å². The molecule has 2 aromatic carbocycles. The second-order valence-corrected chi connectivity index (χ2v) is 6.32. The quantitative estimate of drug-likeness (QED) is 0.708. The Kier molecular flexibility index (Phi) is 4.00. The van der Waals surface area contributed by atoms with Crippen LogP contribution in [0.4, 0.5) is 10.5 Å². The Bertz CT molecular complexity index is 1020. The van der Waals surface area contributed by atoms with E-state index in [0.717, 1.165) is 10.1 Å². The number of amides is 1. The molecule has 3 aromatic rings. The van der Waals surface area contributed by atoms with E-state index in [9.17, 15) is 9.59 Å². The second-order valence-electron chi connectivity index (χ2n) is 5.89. The van der Waals surface area contributed by atoms with Crippen molar-refractivity contribution in [2.75, 3.05) is 12.0 Å². The molecule has 1 aliphatic rings. The summed E-state index contributed by atoms with van der Waals surface area (Å²) < 4.78 is 7.53. The summed E-state index contributed by atoms with van der Waals surface area (Å²) >= 11 is 5.87. The van der Waals surface area contributed by atoms with E-state index in [4.69, 9.17) is 16.3 Å². The van der Waals surface area contributed by atoms with E-state index in [1.165, 1.54) is 9.58 Å². The minimum Gasteiger partial charge on any atom is -0.497 e. The number of ether oxygens (including phenoxy) is 1. The molecule has 0 aliphatic carbocycles. The van der Waals surface area contributed by atoms with Crippen molar-refractivity contribution >= 4 is 23.3 Å². The van der Waals surface area contributed by atoms with Gasteiger partial charge < -0.3 is 4.74 Å². The number of nitrogens with zero attached hydrogens (tertiary/aromatic N) is 4. The van der Waals surface area contributed by atoms with Crippen LogP contribution in [-0.4, -0.2) is 27.5 Å². The van der Waals surface area contributed by atoms with Crippen LogP contribution in [-0.2, 0) is 13.1 Å². The third-order valence-corrected chi connectivity index (χ3v) is 4.51. The summed E-state index contributed by atoms with van der Waals surface area (Å²) in [5, 5.41) is 4.94. The highest BCUT2D eigenvalue weighted by Crippen LogP contribution is 2.24. The lowest BCUT2D eigenvalue weighted by Crippen LogP contribution is -2.34. The lowest BCUT2D eigenvalue weighted by Gasteiger charge is -2.15. The fourth-order valence-corrected chi connectivity index (χ4v) is 3.03. The molecule has 0 unspecified atom stereocenters. The number of rotatable bonds is 4. The van der Waals surface area contributed by atoms with E-state index < -0.39 is 11.7 Å². The maximum atomic E-state index is 12.7. The Balaban J connectivity index is 1.60. The minimum atomic E-state index is -0.448. The van der Waals surface area contributed by atoms with Gasteiger partial charge in [-0.15, -0.1) is 0 Å². The van der Waals surface area contributed by atoms with Crippen molar-refractivity contribution in [3.8, 4) is 5.75 Å². The molecule has 0 bridgehead atoms. The van der Waals surface area contributed by atoms with E-state index in [-0.39, 0.29) is 13.1 Å². The van der Waals surface area contributed by atoms with Gasteiger partial charge in [-0.25, -0.2) is 14.3 Å². The van der Waals surface area contributed by atoms with Crippen LogP contribution in [0.3, 0.4) is 0 Å². The summed E-state index contributed by atoms with van der Waals surface area (Å²) in [7, 11) is 1.58. The molecular weight excluding hydrogens is 356 g/mol. The van der Waals surface area contributed by atoms with Crippen molar-refractivity contribution in [2.45, 2.75) is 13.1 Å². The van der Waals surface area contributed by atoms with Gasteiger partial charge in [0.25, 0.3) is 0 Å². The SMILES string of the molecule is COc1ccc(N2Cc3nn(Cc4ccc(Cl)cc4)c(=O)n3C2=O)cc1. The molecule has 8 heteroatoms. The number of fused-ring (bicyclic) bond motifs is 1. The Hall–Kier alpha value is -3.06. The molecule has 1 aromatic heterocycles. The Morgan fingerprint density at radius 3 is 2.38 bits per heavy atom. The molecule has 0 saturated heterocycles. The van der Waals surface area contributed by atoms with Crippen LogP contribution in [0.15, 0.2) is 53.3 Å². The second kappa shape index (κ2) is 6.34. The van der Waals surface area contributed by atoms with Crippen molar-refractivity contribution in [1.82, 2.24) is 14.3 Å². The lowest BCUT2D eigenvalue weighted by molar-refractivity contribution is 0.250. The summed E-state index contributed by atoms with van der Waals surface area (Å²) in [4.78, 5) is 26.8. The van der Waals surface area contributed by atoms with Crippen LogP contribution < -0.4 is 15.3 Å². The number of halogens is 1. The van der Waals surface area contributed by atoms with Gasteiger partial charge in [0, 0.05) is 10.7 Å². The van der Waals surface area contributed by atoms with Crippen LogP contribution in [0.5, 0.6) is 5.75 Å². The van der Waals surface area contributed by atoms with Gasteiger partial charge in [-0.3, -0.25) is 4.90 Å². The zero-order valence-corrected chi connectivity index (χ0v) is 14.7. The predicted octanol–water partition coefficient (Wildman–Crippen LogP) is 2.74. The topological polar surface area (TPSA) is 69.4 Å². The lowest BCUT2D eigenvalue weighted by atomic mass is 10.2. The molecule has 1 amide bonds. The minimum absolute atomic E-state index is 0.244. The Morgan fingerprint density at radius 2 is 1.77 bits per heavy atom. The first-order valence-electron chi connectivity index (χ1n) is 7.96. The van der Waals surface area contributed by atoms with Gasteiger partial charge in [0.15, 0.2) is 5.82 Å². The maximum absolute atomic E-state index is 12.7. The van der Waals surface area contributed by atoms with E-state index >= 15 is 0 Å². The highest BCUT2D eigenvalue weighted by molar-refractivity contribution is 6.30. The number of hydrogen-bond donors (Lipinski definition) is 0. The van der Waals surface area contributed by atoms with E-state index in [2.05, 4.69) is 5.10 Å². The molecular formula is C18H15ClN4O3. The molecule has 132 valence electrons. The van der Waals surface area contributed by atoms with Gasteiger partial charge in [-0.05, 0) is 42.0 Å². The average molecular weight is 371 g/mol. The normalized spacial score (nSPS) is 13.2. The maximum Gasteiger partial charge on any atom is 0.354 e. The number of aromatic nitrogens is 3. The third-order valence-electron chi connectivity index (χ3n) is 4.26. The Labute approximate surface area is 154 Å².